The van der Waals surface area contributed by atoms with Crippen LogP contribution in [-0.4, -0.2) is 31.1 Å². The smallest absolute Gasteiger partial charge is 0.314 e. The molecule has 0 aromatic heterocycles. The van der Waals surface area contributed by atoms with E-state index in [4.69, 9.17) is 14.2 Å². The van der Waals surface area contributed by atoms with Crippen LogP contribution in [0.5, 0.6) is 0 Å². The molecular weight excluding hydrogens is 184 g/mol. The summed E-state index contributed by atoms with van der Waals surface area (Å²) in [5.41, 5.74) is 0. The van der Waals surface area contributed by atoms with Crippen LogP contribution in [-0.2, 0) is 19.0 Å². The Hall–Kier alpha value is -0.610. The van der Waals surface area contributed by atoms with Gasteiger partial charge in [0.2, 0.25) is 0 Å². The molecule has 0 aliphatic carbocycles. The van der Waals surface area contributed by atoms with E-state index in [1.54, 1.807) is 0 Å². The summed E-state index contributed by atoms with van der Waals surface area (Å²) in [6.07, 6.45) is 3.73. The monoisotopic (exact) mass is 198 g/mol. The van der Waals surface area contributed by atoms with E-state index in [-0.39, 0.29) is 18.0 Å². The Balaban J connectivity index is 1.87. The summed E-state index contributed by atoms with van der Waals surface area (Å²) in [5.74, 6) is -0.946. The summed E-state index contributed by atoms with van der Waals surface area (Å²) >= 11 is 0. The Morgan fingerprint density at radius 2 is 2.21 bits per heavy atom. The number of carbonyl (C=O) groups excluding carboxylic acids is 1. The van der Waals surface area contributed by atoms with Gasteiger partial charge in [-0.15, -0.1) is 0 Å². The van der Waals surface area contributed by atoms with Crippen LogP contribution in [0.1, 0.15) is 25.7 Å². The first-order chi connectivity index (χ1) is 6.80. The van der Waals surface area contributed by atoms with Crippen molar-refractivity contribution in [3.05, 3.63) is 0 Å². The molecule has 3 aliphatic heterocycles. The second kappa shape index (κ2) is 2.94. The minimum absolute atomic E-state index is 0.0244. The molecule has 0 amide bonds. The molecule has 0 N–H and O–H groups in total. The van der Waals surface area contributed by atoms with E-state index >= 15 is 0 Å². The quantitative estimate of drug-likeness (QED) is 0.541. The molecule has 14 heavy (non-hydrogen) atoms. The number of hydrogen-bond donors (Lipinski definition) is 0. The third kappa shape index (κ3) is 1.10. The van der Waals surface area contributed by atoms with Gasteiger partial charge < -0.3 is 14.2 Å². The average Bonchev–Trinajstić information content (AvgIpc) is 2.54. The van der Waals surface area contributed by atoms with Gasteiger partial charge >= 0.3 is 5.97 Å². The van der Waals surface area contributed by atoms with Crippen LogP contribution in [0, 0.1) is 5.92 Å². The molecule has 3 heterocycles. The molecule has 0 aromatic carbocycles. The third-order valence-corrected chi connectivity index (χ3v) is 3.38. The molecule has 3 saturated heterocycles. The van der Waals surface area contributed by atoms with Gasteiger partial charge in [0.05, 0.1) is 13.2 Å². The molecule has 3 rings (SSSR count). The largest absolute Gasteiger partial charge is 0.460 e. The predicted octanol–water partition coefficient (Wildman–Crippen LogP) is 0.845. The van der Waals surface area contributed by atoms with Crippen molar-refractivity contribution in [1.82, 2.24) is 0 Å². The SMILES string of the molecule is O=C1O[C@@H]2CO[C@@]3(CCCCO3)C1C2. The van der Waals surface area contributed by atoms with Crippen LogP contribution in [0.3, 0.4) is 0 Å². The lowest BCUT2D eigenvalue weighted by Gasteiger charge is -2.41. The number of ether oxygens (including phenoxy) is 3. The highest BCUT2D eigenvalue weighted by molar-refractivity contribution is 5.76. The van der Waals surface area contributed by atoms with Crippen molar-refractivity contribution in [1.29, 1.82) is 0 Å². The van der Waals surface area contributed by atoms with Gasteiger partial charge in [-0.1, -0.05) is 0 Å². The number of carbonyl (C=O) groups is 1. The van der Waals surface area contributed by atoms with E-state index in [1.807, 2.05) is 0 Å². The Kier molecular flexibility index (Phi) is 1.82. The highest BCUT2D eigenvalue weighted by Crippen LogP contribution is 2.44. The van der Waals surface area contributed by atoms with Crippen molar-refractivity contribution in [3.8, 4) is 0 Å². The fourth-order valence-corrected chi connectivity index (χ4v) is 2.63. The van der Waals surface area contributed by atoms with Gasteiger partial charge in [-0.3, -0.25) is 4.79 Å². The summed E-state index contributed by atoms with van der Waals surface area (Å²) in [4.78, 5) is 11.5. The van der Waals surface area contributed by atoms with Gasteiger partial charge in [-0.25, -0.2) is 0 Å². The maximum Gasteiger partial charge on any atom is 0.314 e. The molecule has 78 valence electrons. The van der Waals surface area contributed by atoms with Crippen LogP contribution < -0.4 is 0 Å². The van der Waals surface area contributed by atoms with E-state index < -0.39 is 5.79 Å². The lowest BCUT2D eigenvalue weighted by molar-refractivity contribution is -0.290. The maximum atomic E-state index is 11.5. The Labute approximate surface area is 82.5 Å². The molecule has 3 aliphatic rings. The first kappa shape index (κ1) is 8.68. The fourth-order valence-electron chi connectivity index (χ4n) is 2.63. The first-order valence-corrected chi connectivity index (χ1v) is 5.29. The summed E-state index contributed by atoms with van der Waals surface area (Å²) < 4.78 is 16.5. The van der Waals surface area contributed by atoms with E-state index in [1.165, 1.54) is 0 Å². The van der Waals surface area contributed by atoms with Crippen LogP contribution in [0.25, 0.3) is 0 Å². The van der Waals surface area contributed by atoms with Crippen molar-refractivity contribution in [2.75, 3.05) is 13.2 Å². The van der Waals surface area contributed by atoms with Gasteiger partial charge in [0.15, 0.2) is 5.79 Å². The highest BCUT2D eigenvalue weighted by atomic mass is 16.7. The standard InChI is InChI=1S/C10H14O4/c11-9-8-5-7(14-9)6-13-10(8)3-1-2-4-12-10/h7-8H,1-6H2/t7-,8?,10-/m0/s1. The van der Waals surface area contributed by atoms with Crippen LogP contribution in [0.2, 0.25) is 0 Å². The molecule has 3 fully saturated rings. The number of esters is 1. The topological polar surface area (TPSA) is 44.8 Å². The van der Waals surface area contributed by atoms with E-state index in [2.05, 4.69) is 0 Å². The van der Waals surface area contributed by atoms with Crippen molar-refractivity contribution >= 4 is 5.97 Å². The second-order valence-electron chi connectivity index (χ2n) is 4.28. The van der Waals surface area contributed by atoms with E-state index in [0.29, 0.717) is 13.2 Å². The lowest BCUT2D eigenvalue weighted by Crippen LogP contribution is -2.50. The second-order valence-corrected chi connectivity index (χ2v) is 4.28. The molecule has 0 radical (unpaired) electrons. The van der Waals surface area contributed by atoms with Gasteiger partial charge in [0.25, 0.3) is 0 Å². The zero-order valence-corrected chi connectivity index (χ0v) is 8.03. The maximum absolute atomic E-state index is 11.5. The van der Waals surface area contributed by atoms with E-state index in [9.17, 15) is 4.79 Å². The molecule has 0 saturated carbocycles. The first-order valence-electron chi connectivity index (χ1n) is 5.29. The fraction of sp³-hybridized carbons (Fsp3) is 0.900. The summed E-state index contributed by atoms with van der Waals surface area (Å²) in [6, 6.07) is 0. The van der Waals surface area contributed by atoms with Gasteiger partial charge in [-0.05, 0) is 12.8 Å². The summed E-state index contributed by atoms with van der Waals surface area (Å²) in [5, 5.41) is 0. The predicted molar refractivity (Wildman–Crippen MR) is 46.5 cm³/mol. The van der Waals surface area contributed by atoms with E-state index in [0.717, 1.165) is 25.7 Å². The normalized spacial score (nSPS) is 46.7. The van der Waals surface area contributed by atoms with Crippen molar-refractivity contribution in [2.45, 2.75) is 37.6 Å². The zero-order valence-electron chi connectivity index (χ0n) is 8.03. The van der Waals surface area contributed by atoms with Crippen LogP contribution >= 0.6 is 0 Å². The van der Waals surface area contributed by atoms with Gasteiger partial charge in [0, 0.05) is 12.8 Å². The average molecular weight is 198 g/mol. The molecule has 1 spiro atoms. The van der Waals surface area contributed by atoms with Crippen molar-refractivity contribution in [2.24, 2.45) is 5.92 Å². The van der Waals surface area contributed by atoms with Crippen LogP contribution in [0.15, 0.2) is 0 Å². The third-order valence-electron chi connectivity index (χ3n) is 3.38. The molecular formula is C10H14O4. The number of fused-ring (bicyclic) bond motifs is 3. The minimum Gasteiger partial charge on any atom is -0.460 e. The minimum atomic E-state index is -0.637. The Morgan fingerprint density at radius 3 is 3.00 bits per heavy atom. The molecule has 4 nitrogen and oxygen atoms in total. The summed E-state index contributed by atoms with van der Waals surface area (Å²) in [7, 11) is 0. The number of rotatable bonds is 0. The molecule has 2 bridgehead atoms. The van der Waals surface area contributed by atoms with Gasteiger partial charge in [-0.2, -0.15) is 0 Å². The lowest BCUT2D eigenvalue weighted by atomic mass is 9.87. The Bertz CT molecular complexity index is 257. The molecule has 1 unspecified atom stereocenters. The van der Waals surface area contributed by atoms with Crippen molar-refractivity contribution in [3.63, 3.8) is 0 Å². The molecule has 0 aromatic rings. The zero-order chi connectivity index (χ0) is 9.60. The molecule has 3 atom stereocenters. The van der Waals surface area contributed by atoms with Gasteiger partial charge in [0.1, 0.15) is 12.0 Å². The highest BCUT2D eigenvalue weighted by Gasteiger charge is 2.56. The summed E-state index contributed by atoms with van der Waals surface area (Å²) in [6.45, 7) is 1.21. The van der Waals surface area contributed by atoms with Crippen LogP contribution in [0.4, 0.5) is 0 Å². The number of hydrogen-bond acceptors (Lipinski definition) is 4. The molecule has 4 heteroatoms. The van der Waals surface area contributed by atoms with Crippen molar-refractivity contribution < 1.29 is 19.0 Å². The Morgan fingerprint density at radius 1 is 1.29 bits per heavy atom.